The molecular weight excluding hydrogens is 507 g/mol. The summed E-state index contributed by atoms with van der Waals surface area (Å²) >= 11 is 0. The molecule has 10 heteroatoms. The number of carbonyl (C=O) groups is 1. The van der Waals surface area contributed by atoms with Crippen LogP contribution in [0.5, 0.6) is 5.75 Å². The van der Waals surface area contributed by atoms with Crippen LogP contribution in [0.1, 0.15) is 36.0 Å². The zero-order chi connectivity index (χ0) is 26.5. The molecule has 8 nitrogen and oxygen atoms in total. The van der Waals surface area contributed by atoms with Gasteiger partial charge in [-0.25, -0.2) is 12.8 Å². The van der Waals surface area contributed by atoms with Crippen molar-refractivity contribution in [3.63, 3.8) is 0 Å². The van der Waals surface area contributed by atoms with E-state index in [0.717, 1.165) is 50.6 Å². The Kier molecular flexibility index (Phi) is 7.90. The van der Waals surface area contributed by atoms with Gasteiger partial charge in [-0.1, -0.05) is 6.07 Å². The van der Waals surface area contributed by atoms with E-state index in [4.69, 9.17) is 4.74 Å². The molecule has 5 rings (SSSR count). The summed E-state index contributed by atoms with van der Waals surface area (Å²) in [5, 5.41) is 0. The van der Waals surface area contributed by atoms with Crippen molar-refractivity contribution in [3.8, 4) is 5.75 Å². The van der Waals surface area contributed by atoms with Crippen molar-refractivity contribution in [2.45, 2.75) is 42.7 Å². The summed E-state index contributed by atoms with van der Waals surface area (Å²) < 4.78 is 47.0. The molecule has 2 aromatic carbocycles. The van der Waals surface area contributed by atoms with Crippen LogP contribution in [0.2, 0.25) is 0 Å². The Morgan fingerprint density at radius 2 is 1.61 bits per heavy atom. The van der Waals surface area contributed by atoms with Crippen LogP contribution >= 0.6 is 0 Å². The molecule has 0 aliphatic carbocycles. The average Bonchev–Trinajstić information content (AvgIpc) is 2.94. The highest BCUT2D eigenvalue weighted by Gasteiger charge is 2.30. The van der Waals surface area contributed by atoms with Crippen LogP contribution in [0.25, 0.3) is 0 Å². The van der Waals surface area contributed by atoms with Crippen LogP contribution in [-0.4, -0.2) is 67.4 Å². The van der Waals surface area contributed by atoms with E-state index in [1.165, 1.54) is 18.2 Å². The Morgan fingerprint density at radius 3 is 2.26 bits per heavy atom. The lowest BCUT2D eigenvalue weighted by Crippen LogP contribution is -2.50. The van der Waals surface area contributed by atoms with Crippen LogP contribution in [0.4, 0.5) is 10.1 Å². The van der Waals surface area contributed by atoms with Crippen molar-refractivity contribution in [2.75, 3.05) is 30.9 Å². The fourth-order valence-corrected chi connectivity index (χ4v) is 6.20. The van der Waals surface area contributed by atoms with Crippen molar-refractivity contribution in [1.82, 2.24) is 14.8 Å². The Morgan fingerprint density at radius 1 is 0.921 bits per heavy atom. The Hall–Kier alpha value is -3.50. The average molecular weight is 539 g/mol. The van der Waals surface area contributed by atoms with Gasteiger partial charge in [0.15, 0.2) is 0 Å². The molecular formula is C28H31FN4O4S. The lowest BCUT2D eigenvalue weighted by atomic mass is 9.98. The van der Waals surface area contributed by atoms with Crippen LogP contribution in [0, 0.1) is 5.82 Å². The number of pyridine rings is 1. The number of ether oxygens (including phenoxy) is 1. The number of aromatic nitrogens is 1. The second kappa shape index (κ2) is 11.5. The molecule has 0 radical (unpaired) electrons. The number of hydrogen-bond acceptors (Lipinski definition) is 6. The molecule has 1 aromatic heterocycles. The number of nitrogens with zero attached hydrogens (tertiary/aromatic N) is 3. The van der Waals surface area contributed by atoms with Gasteiger partial charge in [0.25, 0.3) is 15.9 Å². The van der Waals surface area contributed by atoms with Gasteiger partial charge in [-0.05, 0) is 80.3 Å². The predicted octanol–water partition coefficient (Wildman–Crippen LogP) is 4.17. The maximum atomic E-state index is 13.4. The highest BCUT2D eigenvalue weighted by molar-refractivity contribution is 7.92. The van der Waals surface area contributed by atoms with Gasteiger partial charge in [-0.2, -0.15) is 0 Å². The number of rotatable bonds is 7. The molecule has 1 N–H and O–H groups in total. The van der Waals surface area contributed by atoms with Gasteiger partial charge in [0.1, 0.15) is 17.7 Å². The van der Waals surface area contributed by atoms with Gasteiger partial charge in [0.2, 0.25) is 0 Å². The second-order valence-corrected chi connectivity index (χ2v) is 11.4. The first-order chi connectivity index (χ1) is 18.4. The fourth-order valence-electron chi connectivity index (χ4n) is 5.11. The Bertz CT molecular complexity index is 1340. The number of anilines is 1. The number of hydrogen-bond donors (Lipinski definition) is 1. The smallest absolute Gasteiger partial charge is 0.261 e. The van der Waals surface area contributed by atoms with E-state index < -0.39 is 15.8 Å². The number of likely N-dealkylation sites (tertiary alicyclic amines) is 2. The number of carbonyl (C=O) groups excluding carboxylic acids is 1. The second-order valence-electron chi connectivity index (χ2n) is 9.70. The normalized spacial score (nSPS) is 17.8. The summed E-state index contributed by atoms with van der Waals surface area (Å²) in [6.07, 6.45) is 7.51. The first kappa shape index (κ1) is 26.1. The topological polar surface area (TPSA) is 91.8 Å². The molecule has 0 spiro atoms. The zero-order valence-electron chi connectivity index (χ0n) is 21.0. The molecule has 0 saturated carbocycles. The van der Waals surface area contributed by atoms with Crippen molar-refractivity contribution < 1.29 is 22.3 Å². The molecule has 0 unspecified atom stereocenters. The number of sulfonamides is 1. The molecule has 38 heavy (non-hydrogen) atoms. The summed E-state index contributed by atoms with van der Waals surface area (Å²) in [5.41, 5.74) is 0.812. The van der Waals surface area contributed by atoms with Gasteiger partial charge in [0.05, 0.1) is 4.90 Å². The van der Waals surface area contributed by atoms with Gasteiger partial charge in [-0.3, -0.25) is 19.4 Å². The summed E-state index contributed by atoms with van der Waals surface area (Å²) in [6.45, 7) is 3.35. The van der Waals surface area contributed by atoms with E-state index in [1.54, 1.807) is 36.7 Å². The van der Waals surface area contributed by atoms with E-state index in [-0.39, 0.29) is 16.9 Å². The van der Waals surface area contributed by atoms with Gasteiger partial charge >= 0.3 is 0 Å². The van der Waals surface area contributed by atoms with Gasteiger partial charge in [0, 0.05) is 55.9 Å². The number of piperidine rings is 2. The molecule has 2 saturated heterocycles. The maximum Gasteiger partial charge on any atom is 0.261 e. The number of halogens is 1. The minimum Gasteiger partial charge on any atom is -0.490 e. The molecule has 2 aliphatic heterocycles. The van der Waals surface area contributed by atoms with Crippen LogP contribution in [0.15, 0.2) is 78.0 Å². The maximum absolute atomic E-state index is 13.4. The summed E-state index contributed by atoms with van der Waals surface area (Å²) in [5.74, 6) is 0.173. The van der Waals surface area contributed by atoms with E-state index >= 15 is 0 Å². The quantitative estimate of drug-likeness (QED) is 0.486. The van der Waals surface area contributed by atoms with Crippen LogP contribution in [0.3, 0.4) is 0 Å². The van der Waals surface area contributed by atoms with Crippen molar-refractivity contribution >= 4 is 21.6 Å². The third kappa shape index (κ3) is 6.31. The van der Waals surface area contributed by atoms with Crippen LogP contribution < -0.4 is 9.46 Å². The van der Waals surface area contributed by atoms with E-state index in [0.29, 0.717) is 30.4 Å². The number of amides is 1. The molecule has 0 atom stereocenters. The SMILES string of the molecule is O=C(c1ccc(NS(=O)(=O)c2cccc(F)c2)cc1)N1CCC(N2CCC(Oc3ccncc3)CC2)CC1. The Balaban J connectivity index is 1.10. The molecule has 0 bridgehead atoms. The third-order valence-corrected chi connectivity index (χ3v) is 8.57. The first-order valence-electron chi connectivity index (χ1n) is 12.9. The lowest BCUT2D eigenvalue weighted by molar-refractivity contribution is 0.0425. The standard InChI is InChI=1S/C28H31FN4O4S/c29-22-2-1-3-27(20-22)38(35,36)31-23-6-4-21(5-7-23)28(34)33-16-10-24(11-17-33)32-18-12-26(13-19-32)37-25-8-14-30-15-9-25/h1-9,14-15,20,24,26,31H,10-13,16-19H2. The third-order valence-electron chi connectivity index (χ3n) is 7.19. The van der Waals surface area contributed by atoms with E-state index in [1.807, 2.05) is 17.0 Å². The molecule has 2 fully saturated rings. The van der Waals surface area contributed by atoms with Crippen molar-refractivity contribution in [2.24, 2.45) is 0 Å². The van der Waals surface area contributed by atoms with Crippen LogP contribution in [-0.2, 0) is 10.0 Å². The largest absolute Gasteiger partial charge is 0.490 e. The summed E-state index contributed by atoms with van der Waals surface area (Å²) in [7, 11) is -3.93. The monoisotopic (exact) mass is 538 g/mol. The van der Waals surface area contributed by atoms with Gasteiger partial charge in [-0.15, -0.1) is 0 Å². The van der Waals surface area contributed by atoms with Crippen molar-refractivity contribution in [1.29, 1.82) is 0 Å². The zero-order valence-corrected chi connectivity index (χ0v) is 21.8. The first-order valence-corrected chi connectivity index (χ1v) is 14.3. The molecule has 3 aromatic rings. The molecule has 2 aliphatic rings. The highest BCUT2D eigenvalue weighted by atomic mass is 32.2. The summed E-state index contributed by atoms with van der Waals surface area (Å²) in [4.78, 5) is 21.3. The van der Waals surface area contributed by atoms with E-state index in [2.05, 4.69) is 14.6 Å². The molecule has 200 valence electrons. The van der Waals surface area contributed by atoms with E-state index in [9.17, 15) is 17.6 Å². The fraction of sp³-hybridized carbons (Fsp3) is 0.357. The minimum absolute atomic E-state index is 0.0625. The highest BCUT2D eigenvalue weighted by Crippen LogP contribution is 2.25. The molecule has 1 amide bonds. The van der Waals surface area contributed by atoms with Gasteiger partial charge < -0.3 is 9.64 Å². The molecule has 3 heterocycles. The number of benzene rings is 2. The lowest BCUT2D eigenvalue weighted by Gasteiger charge is -2.41. The minimum atomic E-state index is -3.93. The van der Waals surface area contributed by atoms with Crippen molar-refractivity contribution in [3.05, 3.63) is 84.4 Å². The summed E-state index contributed by atoms with van der Waals surface area (Å²) in [6, 6.07) is 15.4. The Labute approximate surface area is 222 Å². The number of nitrogens with one attached hydrogen (secondary N) is 1. The predicted molar refractivity (Wildman–Crippen MR) is 142 cm³/mol.